The Balaban J connectivity index is 1.38. The largest absolute Gasteiger partial charge is 0.494 e. The van der Waals surface area contributed by atoms with Crippen molar-refractivity contribution in [3.05, 3.63) is 89.0 Å². The second-order valence-electron chi connectivity index (χ2n) is 8.80. The number of carbonyl (C=O) groups excluding carboxylic acids is 2. The van der Waals surface area contributed by atoms with Gasteiger partial charge in [-0.1, -0.05) is 30.3 Å². The molecule has 2 amide bonds. The Hall–Kier alpha value is -4.11. The number of aryl methyl sites for hydroxylation is 1. The molecular formula is C28H25F2NO6. The van der Waals surface area contributed by atoms with Gasteiger partial charge in [0.25, 0.3) is 11.8 Å². The van der Waals surface area contributed by atoms with Crippen molar-refractivity contribution in [3.63, 3.8) is 0 Å². The Morgan fingerprint density at radius 2 is 1.51 bits per heavy atom. The van der Waals surface area contributed by atoms with E-state index in [1.807, 2.05) is 0 Å². The Kier molecular flexibility index (Phi) is 7.63. The summed E-state index contributed by atoms with van der Waals surface area (Å²) in [4.78, 5) is 37.8. The Morgan fingerprint density at radius 3 is 2.05 bits per heavy atom. The molecule has 3 aromatic rings. The molecule has 0 unspecified atom stereocenters. The maximum Gasteiger partial charge on any atom is 0.309 e. The van der Waals surface area contributed by atoms with Crippen LogP contribution in [0.15, 0.2) is 60.7 Å². The van der Waals surface area contributed by atoms with Crippen LogP contribution in [0.4, 0.5) is 8.78 Å². The number of aliphatic carboxylic acids is 1. The number of aliphatic hydroxyl groups is 1. The second kappa shape index (κ2) is 10.9. The summed E-state index contributed by atoms with van der Waals surface area (Å²) >= 11 is 0. The third kappa shape index (κ3) is 5.36. The minimum atomic E-state index is -1.33. The lowest BCUT2D eigenvalue weighted by atomic mass is 9.92. The Labute approximate surface area is 211 Å². The maximum atomic E-state index is 14.8. The predicted octanol–water partition coefficient (Wildman–Crippen LogP) is 4.32. The van der Waals surface area contributed by atoms with Gasteiger partial charge in [-0.05, 0) is 66.3 Å². The van der Waals surface area contributed by atoms with Crippen LogP contribution in [-0.4, -0.2) is 52.7 Å². The summed E-state index contributed by atoms with van der Waals surface area (Å²) in [5.74, 6) is -4.61. The van der Waals surface area contributed by atoms with Crippen molar-refractivity contribution in [1.29, 1.82) is 0 Å². The molecule has 0 saturated heterocycles. The van der Waals surface area contributed by atoms with Gasteiger partial charge >= 0.3 is 5.97 Å². The van der Waals surface area contributed by atoms with Crippen LogP contribution >= 0.6 is 0 Å². The molecule has 0 radical (unpaired) electrons. The van der Waals surface area contributed by atoms with E-state index in [9.17, 15) is 33.4 Å². The van der Waals surface area contributed by atoms with Crippen molar-refractivity contribution in [3.8, 4) is 16.9 Å². The zero-order chi connectivity index (χ0) is 26.7. The molecule has 1 heterocycles. The van der Waals surface area contributed by atoms with Crippen LogP contribution in [0.5, 0.6) is 5.75 Å². The fraction of sp³-hybridized carbons (Fsp3) is 0.250. The monoisotopic (exact) mass is 509 g/mol. The van der Waals surface area contributed by atoms with Gasteiger partial charge in [0.2, 0.25) is 0 Å². The van der Waals surface area contributed by atoms with Gasteiger partial charge in [0, 0.05) is 6.54 Å². The number of carboxylic acid groups (broad SMARTS) is 1. The highest BCUT2D eigenvalue weighted by Gasteiger charge is 2.36. The predicted molar refractivity (Wildman–Crippen MR) is 130 cm³/mol. The van der Waals surface area contributed by atoms with Crippen molar-refractivity contribution in [2.45, 2.75) is 25.4 Å². The maximum absolute atomic E-state index is 14.8. The number of amides is 2. The lowest BCUT2D eigenvalue weighted by molar-refractivity contribution is -0.146. The molecule has 1 aliphatic rings. The number of hydrogen-bond acceptors (Lipinski definition) is 5. The quantitative estimate of drug-likeness (QED) is 0.395. The molecule has 9 heteroatoms. The lowest BCUT2D eigenvalue weighted by Crippen LogP contribution is -2.36. The van der Waals surface area contributed by atoms with E-state index in [1.54, 1.807) is 24.3 Å². The van der Waals surface area contributed by atoms with E-state index in [4.69, 9.17) is 4.74 Å². The van der Waals surface area contributed by atoms with E-state index >= 15 is 0 Å². The van der Waals surface area contributed by atoms with Gasteiger partial charge in [-0.15, -0.1) is 0 Å². The standard InChI is InChI=1S/C28H25F2NO6/c1-37-25-11-9-18(15-23(25)30)17-7-6-16(22(29)14-17)8-10-24(32)21(28(35)36)12-13-31-26(33)19-4-2-3-5-20(19)27(31)34/h2-7,9,11,14-15,21,24,32H,8,10,12-13H2,1H3,(H,35,36)/t21-,24+/m0/s1. The number of hydrogen-bond donors (Lipinski definition) is 2. The first-order valence-electron chi connectivity index (χ1n) is 11.7. The second-order valence-corrected chi connectivity index (χ2v) is 8.80. The number of ether oxygens (including phenoxy) is 1. The average Bonchev–Trinajstić information content (AvgIpc) is 3.12. The lowest BCUT2D eigenvalue weighted by Gasteiger charge is -2.22. The van der Waals surface area contributed by atoms with Crippen molar-refractivity contribution in [1.82, 2.24) is 4.90 Å². The molecule has 2 atom stereocenters. The zero-order valence-electron chi connectivity index (χ0n) is 20.0. The van der Waals surface area contributed by atoms with Crippen LogP contribution in [-0.2, 0) is 11.2 Å². The number of rotatable bonds is 10. The molecule has 1 aliphatic heterocycles. The van der Waals surface area contributed by atoms with E-state index in [-0.39, 0.29) is 48.2 Å². The van der Waals surface area contributed by atoms with Crippen molar-refractivity contribution >= 4 is 17.8 Å². The molecule has 37 heavy (non-hydrogen) atoms. The van der Waals surface area contributed by atoms with Crippen LogP contribution in [0.25, 0.3) is 11.1 Å². The van der Waals surface area contributed by atoms with Gasteiger partial charge in [-0.2, -0.15) is 0 Å². The van der Waals surface area contributed by atoms with Gasteiger partial charge < -0.3 is 14.9 Å². The Bertz CT molecular complexity index is 1320. The number of methoxy groups -OCH3 is 1. The molecule has 0 aromatic heterocycles. The molecule has 0 bridgehead atoms. The van der Waals surface area contributed by atoms with E-state index in [1.165, 1.54) is 43.5 Å². The van der Waals surface area contributed by atoms with Crippen LogP contribution in [0.2, 0.25) is 0 Å². The SMILES string of the molecule is COc1ccc(-c2ccc(CC[C@@H](O)[C@H](CCN3C(=O)c4ccccc4C3=O)C(=O)O)c(F)c2)cc1F. The normalized spacial score (nSPS) is 14.4. The summed E-state index contributed by atoms with van der Waals surface area (Å²) in [6.45, 7) is -0.165. The number of halogens is 2. The molecule has 3 aromatic carbocycles. The summed E-state index contributed by atoms with van der Waals surface area (Å²) in [5, 5.41) is 20.2. The third-order valence-corrected chi connectivity index (χ3v) is 6.57. The van der Waals surface area contributed by atoms with E-state index in [2.05, 4.69) is 0 Å². The highest BCUT2D eigenvalue weighted by molar-refractivity contribution is 6.21. The number of nitrogens with zero attached hydrogens (tertiary/aromatic N) is 1. The molecule has 192 valence electrons. The zero-order valence-corrected chi connectivity index (χ0v) is 20.0. The van der Waals surface area contributed by atoms with E-state index in [0.717, 1.165) is 4.90 Å². The summed E-state index contributed by atoms with van der Waals surface area (Å²) < 4.78 is 33.7. The molecule has 0 saturated carbocycles. The minimum Gasteiger partial charge on any atom is -0.494 e. The fourth-order valence-electron chi connectivity index (χ4n) is 4.47. The smallest absolute Gasteiger partial charge is 0.309 e. The molecule has 7 nitrogen and oxygen atoms in total. The molecule has 0 aliphatic carbocycles. The number of carboxylic acids is 1. The molecule has 0 spiro atoms. The third-order valence-electron chi connectivity index (χ3n) is 6.57. The first-order chi connectivity index (χ1) is 17.7. The fourth-order valence-corrected chi connectivity index (χ4v) is 4.47. The van der Waals surface area contributed by atoms with Gasteiger partial charge in [-0.3, -0.25) is 19.3 Å². The van der Waals surface area contributed by atoms with Crippen LogP contribution in [0.1, 0.15) is 39.1 Å². The first kappa shape index (κ1) is 26.0. The van der Waals surface area contributed by atoms with Crippen molar-refractivity contribution < 1.29 is 38.1 Å². The van der Waals surface area contributed by atoms with E-state index < -0.39 is 41.4 Å². The van der Waals surface area contributed by atoms with E-state index in [0.29, 0.717) is 11.1 Å². The molecule has 4 rings (SSSR count). The minimum absolute atomic E-state index is 0.0491. The van der Waals surface area contributed by atoms with Gasteiger partial charge in [0.1, 0.15) is 5.82 Å². The Morgan fingerprint density at radius 1 is 0.919 bits per heavy atom. The first-order valence-corrected chi connectivity index (χ1v) is 11.7. The topological polar surface area (TPSA) is 104 Å². The van der Waals surface area contributed by atoms with Gasteiger partial charge in [-0.25, -0.2) is 8.78 Å². The number of carbonyl (C=O) groups is 3. The number of aliphatic hydroxyl groups excluding tert-OH is 1. The molecular weight excluding hydrogens is 484 g/mol. The van der Waals surface area contributed by atoms with Crippen molar-refractivity contribution in [2.24, 2.45) is 5.92 Å². The van der Waals surface area contributed by atoms with Gasteiger partial charge in [0.15, 0.2) is 11.6 Å². The summed E-state index contributed by atoms with van der Waals surface area (Å²) in [6, 6.07) is 15.0. The highest BCUT2D eigenvalue weighted by atomic mass is 19.1. The molecule has 2 N–H and O–H groups in total. The van der Waals surface area contributed by atoms with Crippen molar-refractivity contribution in [2.75, 3.05) is 13.7 Å². The summed E-state index contributed by atoms with van der Waals surface area (Å²) in [6.07, 6.45) is -1.47. The van der Waals surface area contributed by atoms with Gasteiger partial charge in [0.05, 0.1) is 30.3 Å². The average molecular weight is 510 g/mol. The van der Waals surface area contributed by atoms with Crippen LogP contribution in [0, 0.1) is 17.6 Å². The number of benzene rings is 3. The number of fused-ring (bicyclic) bond motifs is 1. The summed E-state index contributed by atoms with van der Waals surface area (Å²) in [5.41, 5.74) is 1.70. The summed E-state index contributed by atoms with van der Waals surface area (Å²) in [7, 11) is 1.35. The van der Waals surface area contributed by atoms with Crippen LogP contribution < -0.4 is 4.74 Å². The van der Waals surface area contributed by atoms with Crippen LogP contribution in [0.3, 0.4) is 0 Å². The number of imide groups is 1. The molecule has 0 fully saturated rings. The highest BCUT2D eigenvalue weighted by Crippen LogP contribution is 2.28.